The molecule has 5 nitrogen and oxygen atoms in total. The molecule has 1 aromatic rings. The molecule has 0 saturated heterocycles. The number of carbonyl (C=O) groups excluding carboxylic acids is 1. The lowest BCUT2D eigenvalue weighted by Gasteiger charge is -2.04. The zero-order valence-corrected chi connectivity index (χ0v) is 6.94. The SMILES string of the molecule is O=NC(=O)COc1ccc(F)cc1O. The van der Waals surface area contributed by atoms with Crippen LogP contribution in [0.15, 0.2) is 23.4 Å². The Morgan fingerprint density at radius 3 is 2.86 bits per heavy atom. The first kappa shape index (κ1) is 10.1. The van der Waals surface area contributed by atoms with E-state index in [-0.39, 0.29) is 5.75 Å². The number of carbonyl (C=O) groups is 1. The average Bonchev–Trinajstić information content (AvgIpc) is 2.16. The number of hydrogen-bond donors (Lipinski definition) is 1. The van der Waals surface area contributed by atoms with E-state index in [4.69, 9.17) is 5.11 Å². The highest BCUT2D eigenvalue weighted by Gasteiger charge is 2.06. The summed E-state index contributed by atoms with van der Waals surface area (Å²) in [5.74, 6) is -2.16. The van der Waals surface area contributed by atoms with Gasteiger partial charge in [0.2, 0.25) is 0 Å². The maximum Gasteiger partial charge on any atom is 0.323 e. The maximum atomic E-state index is 12.5. The number of rotatable bonds is 3. The Hall–Kier alpha value is -1.98. The normalized spacial score (nSPS) is 9.50. The van der Waals surface area contributed by atoms with Crippen molar-refractivity contribution in [3.63, 3.8) is 0 Å². The standard InChI is InChI=1S/C8H6FNO4/c9-5-1-2-7(6(11)3-5)14-4-8(12)10-13/h1-3,11H,4H2. The Morgan fingerprint density at radius 2 is 2.29 bits per heavy atom. The van der Waals surface area contributed by atoms with Gasteiger partial charge in [0.15, 0.2) is 18.1 Å². The summed E-state index contributed by atoms with van der Waals surface area (Å²) in [5.41, 5.74) is 0. The quantitative estimate of drug-likeness (QED) is 0.742. The minimum absolute atomic E-state index is 0.0802. The third kappa shape index (κ3) is 2.51. The lowest BCUT2D eigenvalue weighted by molar-refractivity contribution is -0.119. The van der Waals surface area contributed by atoms with Crippen LogP contribution < -0.4 is 4.74 Å². The third-order valence-electron chi connectivity index (χ3n) is 1.37. The van der Waals surface area contributed by atoms with E-state index in [1.54, 1.807) is 0 Å². The maximum absolute atomic E-state index is 12.5. The van der Waals surface area contributed by atoms with Gasteiger partial charge in [-0.25, -0.2) is 4.39 Å². The van der Waals surface area contributed by atoms with Crippen molar-refractivity contribution in [2.75, 3.05) is 6.61 Å². The molecule has 0 heterocycles. The van der Waals surface area contributed by atoms with Crippen molar-refractivity contribution in [3.8, 4) is 11.5 Å². The van der Waals surface area contributed by atoms with E-state index in [0.717, 1.165) is 18.2 Å². The number of aromatic hydroxyl groups is 1. The van der Waals surface area contributed by atoms with Crippen molar-refractivity contribution in [3.05, 3.63) is 28.9 Å². The number of halogens is 1. The number of nitroso groups, excluding NO2 is 1. The van der Waals surface area contributed by atoms with Crippen LogP contribution in [-0.4, -0.2) is 17.6 Å². The van der Waals surface area contributed by atoms with Crippen LogP contribution in [0.2, 0.25) is 0 Å². The Labute approximate surface area is 78.1 Å². The number of phenols is 1. The van der Waals surface area contributed by atoms with E-state index in [1.165, 1.54) is 0 Å². The highest BCUT2D eigenvalue weighted by molar-refractivity contribution is 5.78. The lowest BCUT2D eigenvalue weighted by atomic mass is 10.3. The Balaban J connectivity index is 2.68. The molecule has 0 saturated carbocycles. The fourth-order valence-electron chi connectivity index (χ4n) is 0.778. The minimum Gasteiger partial charge on any atom is -0.504 e. The van der Waals surface area contributed by atoms with Crippen molar-refractivity contribution in [1.82, 2.24) is 0 Å². The molecule has 0 radical (unpaired) electrons. The molecular formula is C8H6FNO4. The highest BCUT2D eigenvalue weighted by Crippen LogP contribution is 2.25. The second kappa shape index (κ2) is 4.31. The van der Waals surface area contributed by atoms with Gasteiger partial charge in [-0.3, -0.25) is 4.79 Å². The molecule has 0 fully saturated rings. The third-order valence-corrected chi connectivity index (χ3v) is 1.37. The predicted octanol–water partition coefficient (Wildman–Crippen LogP) is 1.20. The van der Waals surface area contributed by atoms with Gasteiger partial charge in [-0.2, -0.15) is 0 Å². The summed E-state index contributed by atoms with van der Waals surface area (Å²) in [5, 5.41) is 11.2. The van der Waals surface area contributed by atoms with Crippen LogP contribution in [0.3, 0.4) is 0 Å². The molecule has 0 atom stereocenters. The Morgan fingerprint density at radius 1 is 1.57 bits per heavy atom. The number of ether oxygens (including phenoxy) is 1. The van der Waals surface area contributed by atoms with Crippen LogP contribution in [0.1, 0.15) is 0 Å². The van der Waals surface area contributed by atoms with Crippen molar-refractivity contribution in [2.24, 2.45) is 5.18 Å². The fourth-order valence-corrected chi connectivity index (χ4v) is 0.778. The molecule has 74 valence electrons. The van der Waals surface area contributed by atoms with Crippen molar-refractivity contribution < 1.29 is 19.0 Å². The second-order valence-electron chi connectivity index (χ2n) is 2.39. The Kier molecular flexibility index (Phi) is 3.11. The van der Waals surface area contributed by atoms with Gasteiger partial charge in [0.25, 0.3) is 0 Å². The van der Waals surface area contributed by atoms with Crippen molar-refractivity contribution in [2.45, 2.75) is 0 Å². The van der Waals surface area contributed by atoms with E-state index < -0.39 is 24.1 Å². The zero-order valence-electron chi connectivity index (χ0n) is 6.94. The van der Waals surface area contributed by atoms with Gasteiger partial charge in [0, 0.05) is 11.2 Å². The van der Waals surface area contributed by atoms with Crippen LogP contribution in [-0.2, 0) is 4.79 Å². The van der Waals surface area contributed by atoms with Crippen LogP contribution in [0.5, 0.6) is 11.5 Å². The second-order valence-corrected chi connectivity index (χ2v) is 2.39. The van der Waals surface area contributed by atoms with Crippen molar-refractivity contribution in [1.29, 1.82) is 0 Å². The highest BCUT2D eigenvalue weighted by atomic mass is 19.1. The molecule has 0 unspecified atom stereocenters. The first-order valence-corrected chi connectivity index (χ1v) is 3.61. The number of nitrogens with zero attached hydrogens (tertiary/aromatic N) is 1. The summed E-state index contributed by atoms with van der Waals surface area (Å²) in [4.78, 5) is 20.1. The summed E-state index contributed by atoms with van der Waals surface area (Å²) in [6.45, 7) is -0.581. The topological polar surface area (TPSA) is 76.0 Å². The molecule has 1 aromatic carbocycles. The average molecular weight is 199 g/mol. The summed E-state index contributed by atoms with van der Waals surface area (Å²) >= 11 is 0. The molecule has 0 aliphatic heterocycles. The van der Waals surface area contributed by atoms with Gasteiger partial charge in [0.05, 0.1) is 0 Å². The van der Waals surface area contributed by atoms with Crippen LogP contribution in [0.25, 0.3) is 0 Å². The van der Waals surface area contributed by atoms with Crippen LogP contribution in [0, 0.1) is 10.7 Å². The van der Waals surface area contributed by atoms with Gasteiger partial charge in [0.1, 0.15) is 5.82 Å². The fraction of sp³-hybridized carbons (Fsp3) is 0.125. The van der Waals surface area contributed by atoms with Crippen LogP contribution >= 0.6 is 0 Å². The zero-order chi connectivity index (χ0) is 10.6. The minimum atomic E-state index is -1.01. The molecule has 1 rings (SSSR count). The lowest BCUT2D eigenvalue weighted by Crippen LogP contribution is -2.07. The van der Waals surface area contributed by atoms with Gasteiger partial charge < -0.3 is 9.84 Å². The molecular weight excluding hydrogens is 193 g/mol. The van der Waals surface area contributed by atoms with E-state index in [0.29, 0.717) is 0 Å². The molecule has 0 bridgehead atoms. The number of hydrogen-bond acceptors (Lipinski definition) is 4. The van der Waals surface area contributed by atoms with E-state index in [1.807, 2.05) is 0 Å². The molecule has 1 amide bonds. The molecule has 1 N–H and O–H groups in total. The Bertz CT molecular complexity index is 366. The number of benzene rings is 1. The number of phenolic OH excluding ortho intramolecular Hbond substituents is 1. The summed E-state index contributed by atoms with van der Waals surface area (Å²) in [7, 11) is 0. The molecule has 0 spiro atoms. The van der Waals surface area contributed by atoms with E-state index in [9.17, 15) is 14.1 Å². The molecule has 0 aliphatic rings. The van der Waals surface area contributed by atoms with Gasteiger partial charge >= 0.3 is 5.91 Å². The number of amides is 1. The summed E-state index contributed by atoms with van der Waals surface area (Å²) in [6.07, 6.45) is 0. The molecule has 0 aromatic heterocycles. The van der Waals surface area contributed by atoms with E-state index >= 15 is 0 Å². The molecule has 6 heteroatoms. The van der Waals surface area contributed by atoms with Crippen LogP contribution in [0.4, 0.5) is 4.39 Å². The summed E-state index contributed by atoms with van der Waals surface area (Å²) < 4.78 is 17.1. The first-order chi connectivity index (χ1) is 6.63. The molecule has 14 heavy (non-hydrogen) atoms. The van der Waals surface area contributed by atoms with E-state index in [2.05, 4.69) is 9.91 Å². The smallest absolute Gasteiger partial charge is 0.323 e. The first-order valence-electron chi connectivity index (χ1n) is 3.61. The van der Waals surface area contributed by atoms with Gasteiger partial charge in [-0.05, 0) is 12.1 Å². The van der Waals surface area contributed by atoms with Crippen molar-refractivity contribution >= 4 is 5.91 Å². The predicted molar refractivity (Wildman–Crippen MR) is 44.4 cm³/mol. The summed E-state index contributed by atoms with van der Waals surface area (Å²) in [6, 6.07) is 3.02. The van der Waals surface area contributed by atoms with Gasteiger partial charge in [-0.15, -0.1) is 4.91 Å². The largest absolute Gasteiger partial charge is 0.504 e. The molecule has 0 aliphatic carbocycles. The van der Waals surface area contributed by atoms with Gasteiger partial charge in [-0.1, -0.05) is 0 Å². The monoisotopic (exact) mass is 199 g/mol.